The van der Waals surface area contributed by atoms with E-state index in [0.29, 0.717) is 11.5 Å². The van der Waals surface area contributed by atoms with Gasteiger partial charge >= 0.3 is 0 Å². The second kappa shape index (κ2) is 16.0. The first-order valence-corrected chi connectivity index (χ1v) is 14.2. The molecule has 0 aliphatic carbocycles. The number of rotatable bonds is 6. The molecule has 194 valence electrons. The minimum Gasteiger partial charge on any atom is -0.507 e. The molecule has 0 radical (unpaired) electrons. The molecule has 1 aromatic carbocycles. The number of halogens is 2. The fourth-order valence-electron chi connectivity index (χ4n) is 3.93. The van der Waals surface area contributed by atoms with Crippen molar-refractivity contribution in [2.75, 3.05) is 66.5 Å². The van der Waals surface area contributed by atoms with Crippen LogP contribution in [0.15, 0.2) is 12.1 Å². The molecule has 3 rings (SSSR count). The van der Waals surface area contributed by atoms with Gasteiger partial charge in [0.15, 0.2) is 0 Å². The summed E-state index contributed by atoms with van der Waals surface area (Å²) in [6.45, 7) is 10.4. The van der Waals surface area contributed by atoms with Gasteiger partial charge in [0, 0.05) is 69.4 Å². The average Bonchev–Trinajstić information content (AvgIpc) is 2.79. The van der Waals surface area contributed by atoms with Crippen LogP contribution in [0, 0.1) is 0 Å². The molecule has 0 aromatic heterocycles. The molecule has 2 aliphatic heterocycles. The van der Waals surface area contributed by atoms with Crippen LogP contribution in [-0.4, -0.2) is 99.8 Å². The first kappa shape index (κ1) is 32.0. The van der Waals surface area contributed by atoms with Crippen molar-refractivity contribution in [1.29, 1.82) is 0 Å². The van der Waals surface area contributed by atoms with Crippen molar-refractivity contribution >= 4 is 81.4 Å². The molecule has 5 nitrogen and oxygen atoms in total. The van der Waals surface area contributed by atoms with E-state index in [4.69, 9.17) is 24.4 Å². The molecule has 2 heterocycles. The SMILES string of the molecule is CCCc1cc(CSC(=S)N2CCN(C)CC2)cc(CSC(=S)N2CCN(C)CC2)c1O.Cl.Cl. The second-order valence-electron chi connectivity index (χ2n) is 8.70. The highest BCUT2D eigenvalue weighted by Gasteiger charge is 2.19. The van der Waals surface area contributed by atoms with E-state index in [0.717, 1.165) is 90.7 Å². The zero-order chi connectivity index (χ0) is 23.1. The van der Waals surface area contributed by atoms with Gasteiger partial charge in [0.1, 0.15) is 14.4 Å². The van der Waals surface area contributed by atoms with Crippen LogP contribution in [0.2, 0.25) is 0 Å². The fourth-order valence-corrected chi connectivity index (χ4v) is 6.34. The maximum atomic E-state index is 10.9. The van der Waals surface area contributed by atoms with E-state index in [-0.39, 0.29) is 24.8 Å². The Morgan fingerprint density at radius 1 is 0.794 bits per heavy atom. The van der Waals surface area contributed by atoms with Gasteiger partial charge in [-0.3, -0.25) is 0 Å². The summed E-state index contributed by atoms with van der Waals surface area (Å²) in [7, 11) is 4.31. The number of phenolic OH excluding ortho intramolecular Hbond substituents is 1. The number of thiocarbonyl (C=S) groups is 2. The van der Waals surface area contributed by atoms with E-state index in [2.05, 4.69) is 52.8 Å². The predicted octanol–water partition coefficient (Wildman–Crippen LogP) is 4.72. The molecule has 0 saturated carbocycles. The molecule has 2 aliphatic rings. The smallest absolute Gasteiger partial charge is 0.136 e. The normalized spacial score (nSPS) is 17.1. The standard InChI is InChI=1S/C23H36N4OS4.2ClH/c1-4-5-19-14-18(16-31-22(29)26-10-6-24(2)7-11-26)15-20(21(19)28)17-32-23(30)27-12-8-25(3)9-13-27;;/h14-15,28H,4-13,16-17H2,1-3H3;2*1H. The van der Waals surface area contributed by atoms with Gasteiger partial charge in [-0.1, -0.05) is 73.4 Å². The Kier molecular flexibility index (Phi) is 15.0. The van der Waals surface area contributed by atoms with Gasteiger partial charge < -0.3 is 24.7 Å². The zero-order valence-corrected chi connectivity index (χ0v) is 25.2. The number of aromatic hydroxyl groups is 1. The topological polar surface area (TPSA) is 33.2 Å². The molecule has 1 N–H and O–H groups in total. The van der Waals surface area contributed by atoms with Gasteiger partial charge in [-0.25, -0.2) is 0 Å². The number of thioether (sulfide) groups is 2. The summed E-state index contributed by atoms with van der Waals surface area (Å²) >= 11 is 14.8. The summed E-state index contributed by atoms with van der Waals surface area (Å²) in [6, 6.07) is 4.30. The summed E-state index contributed by atoms with van der Waals surface area (Å²) in [5, 5.41) is 10.9. The van der Waals surface area contributed by atoms with E-state index in [1.54, 1.807) is 23.5 Å². The van der Waals surface area contributed by atoms with Crippen LogP contribution in [-0.2, 0) is 17.9 Å². The maximum Gasteiger partial charge on any atom is 0.136 e. The van der Waals surface area contributed by atoms with Crippen LogP contribution in [0.3, 0.4) is 0 Å². The number of phenols is 1. The second-order valence-corrected chi connectivity index (χ2v) is 11.9. The number of likely N-dealkylation sites (N-methyl/N-ethyl adjacent to an activating group) is 2. The van der Waals surface area contributed by atoms with Crippen LogP contribution in [0.1, 0.15) is 30.0 Å². The van der Waals surface area contributed by atoms with Crippen molar-refractivity contribution in [2.24, 2.45) is 0 Å². The Hall–Kier alpha value is -0.000000000000000111. The summed E-state index contributed by atoms with van der Waals surface area (Å²) in [5.74, 6) is 1.98. The molecule has 0 amide bonds. The monoisotopic (exact) mass is 584 g/mol. The summed E-state index contributed by atoms with van der Waals surface area (Å²) in [5.41, 5.74) is 3.25. The van der Waals surface area contributed by atoms with Gasteiger partial charge in [0.2, 0.25) is 0 Å². The lowest BCUT2D eigenvalue weighted by Gasteiger charge is -2.34. The van der Waals surface area contributed by atoms with Crippen molar-refractivity contribution in [3.63, 3.8) is 0 Å². The highest BCUT2D eigenvalue weighted by molar-refractivity contribution is 8.22. The van der Waals surface area contributed by atoms with Crippen LogP contribution < -0.4 is 0 Å². The van der Waals surface area contributed by atoms with Gasteiger partial charge in [-0.15, -0.1) is 24.8 Å². The van der Waals surface area contributed by atoms with E-state index >= 15 is 0 Å². The Balaban J connectivity index is 0.00000289. The molecular weight excluding hydrogens is 547 g/mol. The third kappa shape index (κ3) is 9.47. The average molecular weight is 586 g/mol. The lowest BCUT2D eigenvalue weighted by atomic mass is 10.0. The largest absolute Gasteiger partial charge is 0.507 e. The van der Waals surface area contributed by atoms with Gasteiger partial charge in [-0.05, 0) is 31.6 Å². The van der Waals surface area contributed by atoms with Crippen molar-refractivity contribution in [1.82, 2.24) is 19.6 Å². The first-order chi connectivity index (χ1) is 15.4. The molecule has 34 heavy (non-hydrogen) atoms. The molecule has 0 bridgehead atoms. The lowest BCUT2D eigenvalue weighted by Crippen LogP contribution is -2.45. The molecule has 0 spiro atoms. The van der Waals surface area contributed by atoms with Gasteiger partial charge in [-0.2, -0.15) is 0 Å². The zero-order valence-electron chi connectivity index (χ0n) is 20.3. The molecule has 11 heteroatoms. The predicted molar refractivity (Wildman–Crippen MR) is 163 cm³/mol. The number of piperazine rings is 2. The minimum atomic E-state index is 0. The van der Waals surface area contributed by atoms with E-state index in [9.17, 15) is 5.11 Å². The number of benzene rings is 1. The Bertz CT molecular complexity index is 801. The number of hydrogen-bond donors (Lipinski definition) is 1. The van der Waals surface area contributed by atoms with Crippen LogP contribution in [0.5, 0.6) is 5.75 Å². The van der Waals surface area contributed by atoms with E-state index in [1.807, 2.05) is 0 Å². The Labute approximate surface area is 237 Å². The minimum absolute atomic E-state index is 0. The van der Waals surface area contributed by atoms with Crippen LogP contribution in [0.4, 0.5) is 0 Å². The Morgan fingerprint density at radius 2 is 1.24 bits per heavy atom. The third-order valence-electron chi connectivity index (χ3n) is 6.08. The molecular formula is C23H38Cl2N4OS4. The third-order valence-corrected chi connectivity index (χ3v) is 9.25. The summed E-state index contributed by atoms with van der Waals surface area (Å²) in [4.78, 5) is 9.29. The van der Waals surface area contributed by atoms with Gasteiger partial charge in [0.05, 0.1) is 0 Å². The van der Waals surface area contributed by atoms with Crippen LogP contribution >= 0.6 is 72.8 Å². The van der Waals surface area contributed by atoms with Gasteiger partial charge in [0.25, 0.3) is 0 Å². The quantitative estimate of drug-likeness (QED) is 0.477. The van der Waals surface area contributed by atoms with Crippen molar-refractivity contribution in [2.45, 2.75) is 31.3 Å². The number of hydrogen-bond acceptors (Lipinski definition) is 7. The van der Waals surface area contributed by atoms with Crippen LogP contribution in [0.25, 0.3) is 0 Å². The maximum absolute atomic E-state index is 10.9. The molecule has 1 aromatic rings. The summed E-state index contributed by atoms with van der Waals surface area (Å²) < 4.78 is 1.92. The molecule has 2 saturated heterocycles. The van der Waals surface area contributed by atoms with E-state index in [1.165, 1.54) is 5.56 Å². The Morgan fingerprint density at radius 3 is 1.71 bits per heavy atom. The number of aryl methyl sites for hydroxylation is 1. The molecule has 0 unspecified atom stereocenters. The van der Waals surface area contributed by atoms with Crippen molar-refractivity contribution < 1.29 is 5.11 Å². The van der Waals surface area contributed by atoms with Crippen molar-refractivity contribution in [3.8, 4) is 5.75 Å². The highest BCUT2D eigenvalue weighted by atomic mass is 35.5. The fraction of sp³-hybridized carbons (Fsp3) is 0.652. The summed E-state index contributed by atoms with van der Waals surface area (Å²) in [6.07, 6.45) is 1.89. The van der Waals surface area contributed by atoms with Crippen molar-refractivity contribution in [3.05, 3.63) is 28.8 Å². The lowest BCUT2D eigenvalue weighted by molar-refractivity contribution is 0.220. The molecule has 2 fully saturated rings. The number of nitrogens with zero attached hydrogens (tertiary/aromatic N) is 4. The first-order valence-electron chi connectivity index (χ1n) is 11.4. The highest BCUT2D eigenvalue weighted by Crippen LogP contribution is 2.32. The van der Waals surface area contributed by atoms with E-state index < -0.39 is 0 Å². The molecule has 0 atom stereocenters.